The van der Waals surface area contributed by atoms with E-state index in [1.807, 2.05) is 0 Å². The van der Waals surface area contributed by atoms with Crippen LogP contribution in [-0.2, 0) is 4.79 Å². The first-order valence-electron chi connectivity index (χ1n) is 9.01. The van der Waals surface area contributed by atoms with Gasteiger partial charge in [-0.2, -0.15) is 0 Å². The minimum Gasteiger partial charge on any atom is -0.356 e. The third kappa shape index (κ3) is 5.28. The van der Waals surface area contributed by atoms with Crippen LogP contribution < -0.4 is 11.1 Å². The van der Waals surface area contributed by atoms with Gasteiger partial charge in [-0.25, -0.2) is 0 Å². The number of nitrogens with two attached hydrogens (primary N) is 1. The highest BCUT2D eigenvalue weighted by Gasteiger charge is 2.34. The molecule has 0 bridgehead atoms. The van der Waals surface area contributed by atoms with E-state index < -0.39 is 0 Å². The van der Waals surface area contributed by atoms with Crippen molar-refractivity contribution in [3.63, 3.8) is 0 Å². The van der Waals surface area contributed by atoms with E-state index in [0.717, 1.165) is 25.3 Å². The molecule has 0 aromatic rings. The molecular formula is C18H34N2O. The van der Waals surface area contributed by atoms with Crippen LogP contribution >= 0.6 is 0 Å². The van der Waals surface area contributed by atoms with Crippen molar-refractivity contribution in [1.82, 2.24) is 5.32 Å². The molecule has 122 valence electrons. The first-order chi connectivity index (χ1) is 9.99. The third-order valence-electron chi connectivity index (χ3n) is 5.46. The molecule has 2 rings (SSSR count). The lowest BCUT2D eigenvalue weighted by atomic mass is 9.78. The fraction of sp³-hybridized carbons (Fsp3) is 0.944. The zero-order chi connectivity index (χ0) is 15.3. The molecular weight excluding hydrogens is 260 g/mol. The molecule has 0 aliphatic heterocycles. The maximum atomic E-state index is 12.3. The van der Waals surface area contributed by atoms with Gasteiger partial charge in [0.2, 0.25) is 5.91 Å². The molecule has 2 fully saturated rings. The van der Waals surface area contributed by atoms with E-state index in [9.17, 15) is 4.79 Å². The molecule has 2 saturated carbocycles. The van der Waals surface area contributed by atoms with Crippen LogP contribution in [0.2, 0.25) is 0 Å². The molecule has 0 radical (unpaired) electrons. The van der Waals surface area contributed by atoms with Crippen LogP contribution in [0.5, 0.6) is 0 Å². The molecule has 2 atom stereocenters. The normalized spacial score (nSPS) is 28.8. The molecule has 3 N–H and O–H groups in total. The van der Waals surface area contributed by atoms with E-state index in [4.69, 9.17) is 5.73 Å². The van der Waals surface area contributed by atoms with E-state index in [-0.39, 0.29) is 5.91 Å². The maximum Gasteiger partial charge on any atom is 0.220 e. The molecule has 2 aliphatic carbocycles. The first kappa shape index (κ1) is 16.8. The summed E-state index contributed by atoms with van der Waals surface area (Å²) in [6, 6.07) is 0.318. The van der Waals surface area contributed by atoms with Gasteiger partial charge in [-0.05, 0) is 55.8 Å². The van der Waals surface area contributed by atoms with Gasteiger partial charge in [-0.15, -0.1) is 0 Å². The van der Waals surface area contributed by atoms with Gasteiger partial charge in [0.15, 0.2) is 0 Å². The van der Waals surface area contributed by atoms with Crippen molar-refractivity contribution < 1.29 is 4.79 Å². The second-order valence-electron chi connectivity index (χ2n) is 8.08. The molecule has 2 unspecified atom stereocenters. The van der Waals surface area contributed by atoms with Crippen molar-refractivity contribution >= 4 is 5.91 Å². The molecule has 0 aromatic carbocycles. The van der Waals surface area contributed by atoms with Crippen LogP contribution in [0.25, 0.3) is 0 Å². The Balaban J connectivity index is 1.76. The summed E-state index contributed by atoms with van der Waals surface area (Å²) in [5.74, 6) is 1.49. The van der Waals surface area contributed by atoms with E-state index >= 15 is 0 Å². The Kier molecular flexibility index (Phi) is 6.09. The van der Waals surface area contributed by atoms with Gasteiger partial charge in [-0.1, -0.05) is 33.1 Å². The van der Waals surface area contributed by atoms with Crippen molar-refractivity contribution in [2.75, 3.05) is 6.54 Å². The Hall–Kier alpha value is -0.570. The summed E-state index contributed by atoms with van der Waals surface area (Å²) in [5.41, 5.74) is 6.40. The van der Waals surface area contributed by atoms with Crippen molar-refractivity contribution in [3.8, 4) is 0 Å². The first-order valence-corrected chi connectivity index (χ1v) is 9.01. The quantitative estimate of drug-likeness (QED) is 0.786. The number of hydrogen-bond donors (Lipinski definition) is 2. The number of amides is 1. The van der Waals surface area contributed by atoms with Crippen molar-refractivity contribution in [3.05, 3.63) is 0 Å². The van der Waals surface area contributed by atoms with Gasteiger partial charge in [0.05, 0.1) is 0 Å². The SMILES string of the molecule is CC(C)CC1(CNC(=O)CC2CCCC(N)C2)CCCC1. The lowest BCUT2D eigenvalue weighted by Crippen LogP contribution is -2.38. The molecule has 3 nitrogen and oxygen atoms in total. The van der Waals surface area contributed by atoms with Gasteiger partial charge in [-0.3, -0.25) is 4.79 Å². The van der Waals surface area contributed by atoms with Crippen LogP contribution in [0.15, 0.2) is 0 Å². The molecule has 0 spiro atoms. The highest BCUT2D eigenvalue weighted by molar-refractivity contribution is 5.76. The van der Waals surface area contributed by atoms with Crippen LogP contribution in [0.4, 0.5) is 0 Å². The number of hydrogen-bond acceptors (Lipinski definition) is 2. The summed E-state index contributed by atoms with van der Waals surface area (Å²) < 4.78 is 0. The predicted octanol–water partition coefficient (Wildman–Crippen LogP) is 3.62. The van der Waals surface area contributed by atoms with Crippen molar-refractivity contribution in [2.45, 2.75) is 84.1 Å². The molecule has 21 heavy (non-hydrogen) atoms. The van der Waals surface area contributed by atoms with E-state index in [1.54, 1.807) is 0 Å². The van der Waals surface area contributed by atoms with Gasteiger partial charge in [0.25, 0.3) is 0 Å². The van der Waals surface area contributed by atoms with E-state index in [2.05, 4.69) is 19.2 Å². The predicted molar refractivity (Wildman–Crippen MR) is 87.9 cm³/mol. The summed E-state index contributed by atoms with van der Waals surface area (Å²) in [7, 11) is 0. The molecule has 0 heterocycles. The molecule has 0 saturated heterocycles. The largest absolute Gasteiger partial charge is 0.356 e. The number of nitrogens with one attached hydrogen (secondary N) is 1. The molecule has 1 amide bonds. The monoisotopic (exact) mass is 294 g/mol. The van der Waals surface area contributed by atoms with Gasteiger partial charge in [0, 0.05) is 19.0 Å². The standard InChI is InChI=1S/C18H34N2O/c1-14(2)12-18(8-3-4-9-18)13-20-17(21)11-15-6-5-7-16(19)10-15/h14-16H,3-13,19H2,1-2H3,(H,20,21). The van der Waals surface area contributed by atoms with E-state index in [1.165, 1.54) is 44.9 Å². The average molecular weight is 294 g/mol. The van der Waals surface area contributed by atoms with Crippen molar-refractivity contribution in [2.24, 2.45) is 23.0 Å². The fourth-order valence-corrected chi connectivity index (χ4v) is 4.58. The van der Waals surface area contributed by atoms with Crippen LogP contribution in [0.3, 0.4) is 0 Å². The zero-order valence-electron chi connectivity index (χ0n) is 14.0. The second kappa shape index (κ2) is 7.62. The van der Waals surface area contributed by atoms with Crippen LogP contribution in [0, 0.1) is 17.3 Å². The highest BCUT2D eigenvalue weighted by Crippen LogP contribution is 2.42. The van der Waals surface area contributed by atoms with E-state index in [0.29, 0.717) is 23.8 Å². The summed E-state index contributed by atoms with van der Waals surface area (Å²) in [4.78, 5) is 12.3. The lowest BCUT2D eigenvalue weighted by molar-refractivity contribution is -0.122. The van der Waals surface area contributed by atoms with Crippen molar-refractivity contribution in [1.29, 1.82) is 0 Å². The molecule has 3 heteroatoms. The Morgan fingerprint density at radius 2 is 1.95 bits per heavy atom. The fourth-order valence-electron chi connectivity index (χ4n) is 4.58. The maximum absolute atomic E-state index is 12.3. The van der Waals surface area contributed by atoms with Gasteiger partial charge in [0.1, 0.15) is 0 Å². The van der Waals surface area contributed by atoms with Crippen LogP contribution in [0.1, 0.15) is 78.1 Å². The molecule has 0 aromatic heterocycles. The van der Waals surface area contributed by atoms with Gasteiger partial charge >= 0.3 is 0 Å². The Bertz CT molecular complexity index is 334. The molecule has 2 aliphatic rings. The number of carbonyl (C=O) groups is 1. The summed E-state index contributed by atoms with van der Waals surface area (Å²) >= 11 is 0. The van der Waals surface area contributed by atoms with Crippen LogP contribution in [-0.4, -0.2) is 18.5 Å². The van der Waals surface area contributed by atoms with Gasteiger partial charge < -0.3 is 11.1 Å². The zero-order valence-corrected chi connectivity index (χ0v) is 14.0. The smallest absolute Gasteiger partial charge is 0.220 e. The number of rotatable bonds is 6. The second-order valence-corrected chi connectivity index (χ2v) is 8.08. The number of carbonyl (C=O) groups excluding carboxylic acids is 1. The minimum atomic E-state index is 0.254. The topological polar surface area (TPSA) is 55.1 Å². The Morgan fingerprint density at radius 1 is 1.24 bits per heavy atom. The Labute approximate surface area is 130 Å². The Morgan fingerprint density at radius 3 is 2.57 bits per heavy atom. The lowest BCUT2D eigenvalue weighted by Gasteiger charge is -2.32. The summed E-state index contributed by atoms with van der Waals surface area (Å²) in [5, 5.41) is 3.25. The summed E-state index contributed by atoms with van der Waals surface area (Å²) in [6.07, 6.45) is 11.7. The summed E-state index contributed by atoms with van der Waals surface area (Å²) in [6.45, 7) is 5.49. The minimum absolute atomic E-state index is 0.254. The highest BCUT2D eigenvalue weighted by atomic mass is 16.1. The average Bonchev–Trinajstić information content (AvgIpc) is 2.84. The third-order valence-corrected chi connectivity index (χ3v) is 5.46.